The van der Waals surface area contributed by atoms with Crippen LogP contribution in [0.4, 0.5) is 10.1 Å². The summed E-state index contributed by atoms with van der Waals surface area (Å²) in [5.74, 6) is -1.24. The first-order chi connectivity index (χ1) is 15.4. The molecule has 3 atom stereocenters. The number of amides is 1. The van der Waals surface area contributed by atoms with Crippen LogP contribution in [0.5, 0.6) is 0 Å². The van der Waals surface area contributed by atoms with E-state index in [1.54, 1.807) is 24.3 Å². The molecular formula is C25H22FNO4S. The summed E-state index contributed by atoms with van der Waals surface area (Å²) in [4.78, 5) is 25.6. The maximum atomic E-state index is 13.4. The Morgan fingerprint density at radius 1 is 0.969 bits per heavy atom. The number of rotatable bonds is 8. The highest BCUT2D eigenvalue weighted by Gasteiger charge is 2.56. The number of halogens is 1. The van der Waals surface area contributed by atoms with Gasteiger partial charge in [-0.3, -0.25) is 14.5 Å². The van der Waals surface area contributed by atoms with E-state index in [0.29, 0.717) is 23.4 Å². The summed E-state index contributed by atoms with van der Waals surface area (Å²) < 4.78 is 26.6. The Morgan fingerprint density at radius 2 is 1.62 bits per heavy atom. The highest BCUT2D eigenvalue weighted by Crippen LogP contribution is 2.43. The largest absolute Gasteiger partial charge is 0.616 e. The van der Waals surface area contributed by atoms with Gasteiger partial charge in [-0.05, 0) is 52.1 Å². The van der Waals surface area contributed by atoms with Gasteiger partial charge in [0.25, 0.3) is 5.91 Å². The van der Waals surface area contributed by atoms with Crippen molar-refractivity contribution in [1.82, 2.24) is 0 Å². The first-order valence-corrected chi connectivity index (χ1v) is 11.6. The van der Waals surface area contributed by atoms with Crippen molar-refractivity contribution in [1.29, 1.82) is 0 Å². The lowest BCUT2D eigenvalue weighted by molar-refractivity contribution is -0.136. The Bertz CT molecular complexity index is 1090. The van der Waals surface area contributed by atoms with Crippen LogP contribution in [0.2, 0.25) is 0 Å². The molecule has 0 bridgehead atoms. The van der Waals surface area contributed by atoms with Gasteiger partial charge < -0.3 is 9.66 Å². The third-order valence-corrected chi connectivity index (χ3v) is 7.18. The molecule has 1 amide bonds. The summed E-state index contributed by atoms with van der Waals surface area (Å²) in [5, 5.41) is 8.28. The molecule has 0 aliphatic carbocycles. The maximum Gasteiger partial charge on any atom is 0.307 e. The summed E-state index contributed by atoms with van der Waals surface area (Å²) in [6.07, 6.45) is 0.496. The molecule has 0 radical (unpaired) electrons. The molecule has 32 heavy (non-hydrogen) atoms. The van der Waals surface area contributed by atoms with Crippen LogP contribution in [0.1, 0.15) is 22.7 Å². The Morgan fingerprint density at radius 3 is 2.25 bits per heavy atom. The number of carboxylic acids is 1. The zero-order valence-electron chi connectivity index (χ0n) is 17.2. The van der Waals surface area contributed by atoms with Crippen LogP contribution in [0, 0.1) is 5.82 Å². The van der Waals surface area contributed by atoms with E-state index in [2.05, 4.69) is 0 Å². The fourth-order valence-electron chi connectivity index (χ4n) is 3.93. The molecule has 1 aliphatic rings. The summed E-state index contributed by atoms with van der Waals surface area (Å²) in [5.41, 5.74) is 2.99. The number of nitrogens with zero attached hydrogens (tertiary/aromatic N) is 1. The van der Waals surface area contributed by atoms with E-state index in [4.69, 9.17) is 5.11 Å². The van der Waals surface area contributed by atoms with Crippen LogP contribution in [-0.2, 0) is 33.6 Å². The van der Waals surface area contributed by atoms with Crippen LogP contribution in [0.15, 0.2) is 78.9 Å². The molecule has 164 valence electrons. The van der Waals surface area contributed by atoms with Gasteiger partial charge in [0.1, 0.15) is 17.6 Å². The molecule has 0 aromatic heterocycles. The van der Waals surface area contributed by atoms with Gasteiger partial charge in [-0.15, -0.1) is 0 Å². The number of carbonyl (C=O) groups is 2. The highest BCUT2D eigenvalue weighted by molar-refractivity contribution is 7.93. The predicted octanol–water partition coefficient (Wildman–Crippen LogP) is 3.90. The van der Waals surface area contributed by atoms with E-state index in [0.717, 1.165) is 11.1 Å². The first-order valence-electron chi connectivity index (χ1n) is 10.2. The monoisotopic (exact) mass is 451 g/mol. The van der Waals surface area contributed by atoms with Crippen molar-refractivity contribution in [3.05, 3.63) is 101 Å². The Balaban J connectivity index is 1.59. The minimum atomic E-state index is -1.41. The Labute approximate surface area is 188 Å². The van der Waals surface area contributed by atoms with E-state index in [1.807, 2.05) is 30.3 Å². The molecule has 4 rings (SSSR count). The highest BCUT2D eigenvalue weighted by atomic mass is 32.2. The molecule has 1 aliphatic heterocycles. The number of aryl methyl sites for hydroxylation is 1. The molecule has 3 aromatic rings. The van der Waals surface area contributed by atoms with E-state index in [1.165, 1.54) is 29.2 Å². The van der Waals surface area contributed by atoms with Crippen LogP contribution in [0.25, 0.3) is 0 Å². The maximum absolute atomic E-state index is 13.4. The van der Waals surface area contributed by atoms with E-state index >= 15 is 0 Å². The van der Waals surface area contributed by atoms with E-state index in [-0.39, 0.29) is 12.3 Å². The smallest absolute Gasteiger partial charge is 0.307 e. The minimum Gasteiger partial charge on any atom is -0.616 e. The molecule has 1 fully saturated rings. The lowest BCUT2D eigenvalue weighted by Gasteiger charge is -2.46. The normalized spacial score (nSPS) is 18.8. The van der Waals surface area contributed by atoms with Crippen LogP contribution < -0.4 is 4.90 Å². The minimum absolute atomic E-state index is 0.0992. The molecule has 1 N–H and O–H groups in total. The zero-order chi connectivity index (χ0) is 22.7. The molecule has 3 unspecified atom stereocenters. The lowest BCUT2D eigenvalue weighted by atomic mass is 9.91. The average Bonchev–Trinajstić information content (AvgIpc) is 2.78. The van der Waals surface area contributed by atoms with Gasteiger partial charge in [-0.2, -0.15) is 0 Å². The second kappa shape index (κ2) is 9.54. The van der Waals surface area contributed by atoms with Gasteiger partial charge in [-0.1, -0.05) is 54.6 Å². The summed E-state index contributed by atoms with van der Waals surface area (Å²) >= 11 is -1.41. The lowest BCUT2D eigenvalue weighted by Crippen LogP contribution is -2.62. The van der Waals surface area contributed by atoms with Crippen molar-refractivity contribution in [3.63, 3.8) is 0 Å². The summed E-state index contributed by atoms with van der Waals surface area (Å²) in [6.45, 7) is 0. The van der Waals surface area contributed by atoms with Crippen molar-refractivity contribution >= 4 is 28.7 Å². The molecule has 0 saturated carbocycles. The quantitative estimate of drug-likeness (QED) is 0.416. The number of benzene rings is 3. The molecule has 7 heteroatoms. The Kier molecular flexibility index (Phi) is 6.58. The van der Waals surface area contributed by atoms with Gasteiger partial charge in [0, 0.05) is 12.1 Å². The number of anilines is 1. The Hall–Kier alpha value is -3.16. The van der Waals surface area contributed by atoms with Crippen LogP contribution in [-0.4, -0.2) is 32.5 Å². The van der Waals surface area contributed by atoms with E-state index < -0.39 is 34.3 Å². The van der Waals surface area contributed by atoms with Crippen molar-refractivity contribution in [2.75, 3.05) is 10.7 Å². The third-order valence-electron chi connectivity index (χ3n) is 5.55. The SMILES string of the molecule is O=C(O)Cc1ccc(C2C([S+]([O-])CCc3ccccc3)C(=O)N2c2ccc(F)cc2)cc1. The second-order valence-corrected chi connectivity index (χ2v) is 9.36. The fourth-order valence-corrected chi connectivity index (χ4v) is 5.53. The fraction of sp³-hybridized carbons (Fsp3) is 0.200. The van der Waals surface area contributed by atoms with Crippen molar-refractivity contribution < 1.29 is 23.6 Å². The van der Waals surface area contributed by atoms with Crippen LogP contribution in [0.3, 0.4) is 0 Å². The van der Waals surface area contributed by atoms with Crippen molar-refractivity contribution in [2.24, 2.45) is 0 Å². The first kappa shape index (κ1) is 22.0. The standard InChI is InChI=1S/C25H22FNO4S/c26-20-10-12-21(13-11-20)27-23(19-8-6-18(7-9-19)16-22(28)29)24(25(27)30)32(31)15-14-17-4-2-1-3-5-17/h1-13,23-24H,14-16H2,(H,28,29). The number of β-lactam (4-membered cyclic amide) rings is 1. The zero-order valence-corrected chi connectivity index (χ0v) is 18.0. The van der Waals surface area contributed by atoms with Crippen molar-refractivity contribution in [3.8, 4) is 0 Å². The van der Waals surface area contributed by atoms with Gasteiger partial charge in [-0.25, -0.2) is 4.39 Å². The van der Waals surface area contributed by atoms with Gasteiger partial charge in [0.15, 0.2) is 0 Å². The number of carbonyl (C=O) groups excluding carboxylic acids is 1. The van der Waals surface area contributed by atoms with Gasteiger partial charge in [0.05, 0.1) is 6.42 Å². The molecule has 1 heterocycles. The van der Waals surface area contributed by atoms with Gasteiger partial charge in [0.2, 0.25) is 5.25 Å². The predicted molar refractivity (Wildman–Crippen MR) is 121 cm³/mol. The molecule has 1 saturated heterocycles. The van der Waals surface area contributed by atoms with Crippen molar-refractivity contribution in [2.45, 2.75) is 24.1 Å². The summed E-state index contributed by atoms with van der Waals surface area (Å²) in [6, 6.07) is 21.8. The number of hydrogen-bond acceptors (Lipinski definition) is 3. The molecule has 0 spiro atoms. The topological polar surface area (TPSA) is 80.7 Å². The van der Waals surface area contributed by atoms with Crippen LogP contribution >= 0.6 is 0 Å². The number of aliphatic carboxylic acids is 1. The third kappa shape index (κ3) is 4.69. The molecule has 5 nitrogen and oxygen atoms in total. The number of hydrogen-bond donors (Lipinski definition) is 1. The molecular weight excluding hydrogens is 429 g/mol. The molecule has 3 aromatic carbocycles. The number of carboxylic acid groups (broad SMARTS) is 1. The van der Waals surface area contributed by atoms with E-state index in [9.17, 15) is 18.5 Å². The summed E-state index contributed by atoms with van der Waals surface area (Å²) in [7, 11) is 0. The second-order valence-electron chi connectivity index (χ2n) is 7.68. The van der Waals surface area contributed by atoms with Gasteiger partial charge >= 0.3 is 5.97 Å². The average molecular weight is 452 g/mol.